The van der Waals surface area contributed by atoms with Crippen LogP contribution in [0, 0.1) is 11.6 Å². The van der Waals surface area contributed by atoms with Gasteiger partial charge in [0.1, 0.15) is 11.6 Å². The molecule has 1 aliphatic rings. The Morgan fingerprint density at radius 3 is 2.11 bits per heavy atom. The molecule has 9 heteroatoms. The average molecular weight is 529 g/mol. The Morgan fingerprint density at radius 2 is 1.51 bits per heavy atom. The van der Waals surface area contributed by atoms with E-state index < -0.39 is 17.6 Å². The fourth-order valence-electron chi connectivity index (χ4n) is 4.21. The van der Waals surface area contributed by atoms with Crippen molar-refractivity contribution >= 4 is 23.5 Å². The molecule has 0 unspecified atom stereocenters. The summed E-state index contributed by atoms with van der Waals surface area (Å²) in [5.41, 5.74) is 2.34. The van der Waals surface area contributed by atoms with Crippen molar-refractivity contribution in [3.63, 3.8) is 0 Å². The molecule has 0 aromatic heterocycles. The highest BCUT2D eigenvalue weighted by Gasteiger charge is 2.25. The molecule has 3 aromatic rings. The summed E-state index contributed by atoms with van der Waals surface area (Å²) in [7, 11) is 1.34. The maximum Gasteiger partial charge on any atom is 0.337 e. The number of nitrogens with zero attached hydrogens (tertiary/aromatic N) is 2. The highest BCUT2D eigenvalue weighted by Crippen LogP contribution is 2.24. The maximum absolute atomic E-state index is 13.6. The van der Waals surface area contributed by atoms with Gasteiger partial charge in [-0.25, -0.2) is 13.6 Å². The Morgan fingerprint density at radius 1 is 0.892 bits per heavy atom. The summed E-state index contributed by atoms with van der Waals surface area (Å²) < 4.78 is 38.1. The monoisotopic (exact) mass is 528 g/mol. The van der Waals surface area contributed by atoms with Crippen molar-refractivity contribution < 1.29 is 27.8 Å². The molecule has 37 heavy (non-hydrogen) atoms. The molecule has 1 saturated heterocycles. The molecule has 194 valence electrons. The molecule has 6 nitrogen and oxygen atoms in total. The fourth-order valence-corrected chi connectivity index (χ4v) is 4.34. The van der Waals surface area contributed by atoms with Crippen LogP contribution in [0.25, 0.3) is 0 Å². The van der Waals surface area contributed by atoms with Crippen molar-refractivity contribution in [1.29, 1.82) is 0 Å². The summed E-state index contributed by atoms with van der Waals surface area (Å²) in [5.74, 6) is -2.33. The van der Waals surface area contributed by atoms with Gasteiger partial charge < -0.3 is 14.4 Å². The van der Waals surface area contributed by atoms with Crippen LogP contribution in [0.15, 0.2) is 66.7 Å². The van der Waals surface area contributed by atoms with Crippen molar-refractivity contribution in [3.05, 3.63) is 106 Å². The average Bonchev–Trinajstić information content (AvgIpc) is 2.91. The van der Waals surface area contributed by atoms with Gasteiger partial charge in [0.25, 0.3) is 5.91 Å². The molecule has 0 saturated carbocycles. The number of rotatable bonds is 8. The van der Waals surface area contributed by atoms with E-state index >= 15 is 0 Å². The third kappa shape index (κ3) is 7.13. The minimum atomic E-state index is -0.773. The Kier molecular flexibility index (Phi) is 8.87. The molecule has 1 aliphatic heterocycles. The SMILES string of the molecule is COC(=O)c1ccc(CO[C@H](CN2CCN(C(=O)c3cc(F)cc(F)c3)CC2)c2ccc(Cl)cc2)cc1. The zero-order valence-electron chi connectivity index (χ0n) is 20.3. The van der Waals surface area contributed by atoms with Crippen LogP contribution in [0.1, 0.15) is 37.9 Å². The molecular formula is C28H27ClF2N2O4. The van der Waals surface area contributed by atoms with E-state index in [4.69, 9.17) is 21.1 Å². The van der Waals surface area contributed by atoms with E-state index in [0.29, 0.717) is 49.9 Å². The number of benzene rings is 3. The van der Waals surface area contributed by atoms with E-state index in [1.807, 2.05) is 36.4 Å². The van der Waals surface area contributed by atoms with Gasteiger partial charge in [-0.05, 0) is 47.5 Å². The fraction of sp³-hybridized carbons (Fsp3) is 0.286. The number of carbonyl (C=O) groups excluding carboxylic acids is 2. The Hall–Kier alpha value is -3.33. The number of carbonyl (C=O) groups is 2. The van der Waals surface area contributed by atoms with Crippen LogP contribution in [0.2, 0.25) is 5.02 Å². The second kappa shape index (κ2) is 12.3. The van der Waals surface area contributed by atoms with Crippen LogP contribution in [0.3, 0.4) is 0 Å². The summed E-state index contributed by atoms with van der Waals surface area (Å²) in [6.07, 6.45) is -0.267. The number of esters is 1. The zero-order valence-corrected chi connectivity index (χ0v) is 21.1. The minimum absolute atomic E-state index is 0.00606. The predicted molar refractivity (Wildman–Crippen MR) is 135 cm³/mol. The highest BCUT2D eigenvalue weighted by atomic mass is 35.5. The lowest BCUT2D eigenvalue weighted by Crippen LogP contribution is -2.49. The molecule has 1 fully saturated rings. The second-order valence-corrected chi connectivity index (χ2v) is 9.23. The molecule has 4 rings (SSSR count). The standard InChI is InChI=1S/C28H27ClF2N2O4/c1-36-28(35)21-4-2-19(3-5-21)18-37-26(20-6-8-23(29)9-7-20)17-32-10-12-33(13-11-32)27(34)22-14-24(30)16-25(31)15-22/h2-9,14-16,26H,10-13,17-18H2,1H3/t26-/m1/s1. The Balaban J connectivity index is 1.39. The quantitative estimate of drug-likeness (QED) is 0.380. The van der Waals surface area contributed by atoms with E-state index in [0.717, 1.165) is 29.3 Å². The van der Waals surface area contributed by atoms with E-state index in [9.17, 15) is 18.4 Å². The number of ether oxygens (including phenoxy) is 2. The molecule has 0 spiro atoms. The smallest absolute Gasteiger partial charge is 0.337 e. The Bertz CT molecular complexity index is 1210. The van der Waals surface area contributed by atoms with E-state index in [1.165, 1.54) is 7.11 Å². The number of hydrogen-bond donors (Lipinski definition) is 0. The minimum Gasteiger partial charge on any atom is -0.465 e. The lowest BCUT2D eigenvalue weighted by Gasteiger charge is -2.36. The number of amides is 1. The molecule has 1 atom stereocenters. The van der Waals surface area contributed by atoms with Gasteiger partial charge >= 0.3 is 5.97 Å². The molecule has 0 bridgehead atoms. The lowest BCUT2D eigenvalue weighted by atomic mass is 10.1. The number of methoxy groups -OCH3 is 1. The molecular weight excluding hydrogens is 502 g/mol. The third-order valence-corrected chi connectivity index (χ3v) is 6.51. The van der Waals surface area contributed by atoms with Crippen LogP contribution in [-0.4, -0.2) is 61.5 Å². The molecule has 0 aliphatic carbocycles. The van der Waals surface area contributed by atoms with Crippen molar-refractivity contribution in [3.8, 4) is 0 Å². The van der Waals surface area contributed by atoms with Crippen LogP contribution in [-0.2, 0) is 16.1 Å². The van der Waals surface area contributed by atoms with Gasteiger partial charge in [0.15, 0.2) is 0 Å². The summed E-state index contributed by atoms with van der Waals surface area (Å²) in [6, 6.07) is 17.4. The molecule has 0 radical (unpaired) electrons. The van der Waals surface area contributed by atoms with E-state index in [2.05, 4.69) is 4.90 Å². The van der Waals surface area contributed by atoms with Crippen LogP contribution >= 0.6 is 11.6 Å². The number of hydrogen-bond acceptors (Lipinski definition) is 5. The van der Waals surface area contributed by atoms with Crippen LogP contribution < -0.4 is 0 Å². The van der Waals surface area contributed by atoms with Gasteiger partial charge in [-0.15, -0.1) is 0 Å². The second-order valence-electron chi connectivity index (χ2n) is 8.79. The van der Waals surface area contributed by atoms with E-state index in [1.54, 1.807) is 17.0 Å². The van der Waals surface area contributed by atoms with Gasteiger partial charge in [-0.2, -0.15) is 0 Å². The van der Waals surface area contributed by atoms with Crippen molar-refractivity contribution in [1.82, 2.24) is 9.80 Å². The number of halogens is 3. The summed E-state index contributed by atoms with van der Waals surface area (Å²) >= 11 is 6.08. The van der Waals surface area contributed by atoms with Crippen LogP contribution in [0.4, 0.5) is 8.78 Å². The first-order valence-electron chi connectivity index (χ1n) is 11.8. The molecule has 1 amide bonds. The predicted octanol–water partition coefficient (Wildman–Crippen LogP) is 5.12. The first-order chi connectivity index (χ1) is 17.8. The summed E-state index contributed by atoms with van der Waals surface area (Å²) in [6.45, 7) is 2.95. The summed E-state index contributed by atoms with van der Waals surface area (Å²) in [5, 5.41) is 0.627. The third-order valence-electron chi connectivity index (χ3n) is 6.26. The van der Waals surface area contributed by atoms with Crippen molar-refractivity contribution in [2.24, 2.45) is 0 Å². The van der Waals surface area contributed by atoms with Gasteiger partial charge in [0.05, 0.1) is 25.4 Å². The first kappa shape index (κ1) is 26.7. The first-order valence-corrected chi connectivity index (χ1v) is 12.2. The molecule has 0 N–H and O–H groups in total. The lowest BCUT2D eigenvalue weighted by molar-refractivity contribution is 0.00339. The van der Waals surface area contributed by atoms with Crippen molar-refractivity contribution in [2.75, 3.05) is 39.8 Å². The zero-order chi connectivity index (χ0) is 26.4. The van der Waals surface area contributed by atoms with Gasteiger partial charge in [-0.1, -0.05) is 35.9 Å². The van der Waals surface area contributed by atoms with Gasteiger partial charge in [-0.3, -0.25) is 9.69 Å². The normalized spacial score (nSPS) is 14.9. The summed E-state index contributed by atoms with van der Waals surface area (Å²) in [4.78, 5) is 28.2. The van der Waals surface area contributed by atoms with Crippen molar-refractivity contribution in [2.45, 2.75) is 12.7 Å². The van der Waals surface area contributed by atoms with Gasteiger partial charge in [0.2, 0.25) is 0 Å². The number of piperazine rings is 1. The maximum atomic E-state index is 13.6. The van der Waals surface area contributed by atoms with Crippen LogP contribution in [0.5, 0.6) is 0 Å². The largest absolute Gasteiger partial charge is 0.465 e. The topological polar surface area (TPSA) is 59.1 Å². The highest BCUT2D eigenvalue weighted by molar-refractivity contribution is 6.30. The molecule has 1 heterocycles. The molecule has 3 aromatic carbocycles. The van der Waals surface area contributed by atoms with E-state index in [-0.39, 0.29) is 17.6 Å². The Labute approximate surface area is 219 Å². The van der Waals surface area contributed by atoms with Gasteiger partial charge in [0, 0.05) is 49.4 Å².